The molecule has 0 saturated carbocycles. The van der Waals surface area contributed by atoms with Crippen molar-refractivity contribution >= 4 is 12.0 Å². The molecule has 84 valence electrons. The van der Waals surface area contributed by atoms with Crippen LogP contribution >= 0.6 is 0 Å². The maximum atomic E-state index is 11.5. The number of hydrogen-bond acceptors (Lipinski definition) is 2. The van der Waals surface area contributed by atoms with Crippen LogP contribution in [0.15, 0.2) is 24.5 Å². The van der Waals surface area contributed by atoms with E-state index >= 15 is 0 Å². The minimum Gasteiger partial charge on any atom is -0.493 e. The molecule has 1 atom stereocenters. The fourth-order valence-electron chi connectivity index (χ4n) is 1.89. The summed E-state index contributed by atoms with van der Waals surface area (Å²) in [6.07, 6.45) is 4.63. The highest BCUT2D eigenvalue weighted by atomic mass is 16.5. The van der Waals surface area contributed by atoms with Crippen molar-refractivity contribution in [2.75, 3.05) is 7.05 Å². The maximum absolute atomic E-state index is 11.5. The quantitative estimate of drug-likeness (QED) is 0.826. The largest absolute Gasteiger partial charge is 0.493 e. The van der Waals surface area contributed by atoms with Crippen LogP contribution in [0.2, 0.25) is 0 Å². The first-order valence-electron chi connectivity index (χ1n) is 5.44. The first-order valence-corrected chi connectivity index (χ1v) is 5.44. The van der Waals surface area contributed by atoms with Crippen LogP contribution < -0.4 is 5.32 Å². The molecule has 0 bridgehead atoms. The molecule has 1 unspecified atom stereocenters. The van der Waals surface area contributed by atoms with Crippen LogP contribution in [0, 0.1) is 0 Å². The molecule has 1 aromatic carbocycles. The summed E-state index contributed by atoms with van der Waals surface area (Å²) in [5, 5.41) is 2.62. The minimum atomic E-state index is -0.0595. The van der Waals surface area contributed by atoms with Crippen LogP contribution in [0.1, 0.15) is 40.9 Å². The standard InChI is InChI=1S/C13H15NO2/c1-3-12-11-5-4-10(13(15)14-2)8-9(11)6-7-16-12/h4-8,12H,3H2,1-2H3,(H,14,15). The smallest absolute Gasteiger partial charge is 0.251 e. The van der Waals surface area contributed by atoms with Crippen molar-refractivity contribution in [2.45, 2.75) is 19.4 Å². The molecular formula is C13H15NO2. The Hall–Kier alpha value is -1.77. The van der Waals surface area contributed by atoms with Gasteiger partial charge in [0.2, 0.25) is 0 Å². The van der Waals surface area contributed by atoms with Crippen LogP contribution in [0.3, 0.4) is 0 Å². The second-order valence-corrected chi connectivity index (χ2v) is 3.76. The Kier molecular flexibility index (Phi) is 2.95. The molecule has 1 N–H and O–H groups in total. The average Bonchev–Trinajstić information content (AvgIpc) is 2.36. The minimum absolute atomic E-state index is 0.0595. The lowest BCUT2D eigenvalue weighted by Crippen LogP contribution is -2.18. The zero-order valence-corrected chi connectivity index (χ0v) is 9.49. The average molecular weight is 217 g/mol. The van der Waals surface area contributed by atoms with Gasteiger partial charge in [-0.1, -0.05) is 13.0 Å². The summed E-state index contributed by atoms with van der Waals surface area (Å²) in [6.45, 7) is 2.08. The highest BCUT2D eigenvalue weighted by Gasteiger charge is 2.17. The van der Waals surface area contributed by atoms with Gasteiger partial charge in [-0.3, -0.25) is 4.79 Å². The predicted molar refractivity (Wildman–Crippen MR) is 63.0 cm³/mol. The van der Waals surface area contributed by atoms with E-state index in [1.165, 1.54) is 0 Å². The van der Waals surface area contributed by atoms with E-state index in [4.69, 9.17) is 4.74 Å². The van der Waals surface area contributed by atoms with Crippen LogP contribution in [0.25, 0.3) is 6.08 Å². The number of rotatable bonds is 2. The molecule has 2 rings (SSSR count). The van der Waals surface area contributed by atoms with Crippen molar-refractivity contribution in [3.8, 4) is 0 Å². The van der Waals surface area contributed by atoms with Crippen molar-refractivity contribution in [3.63, 3.8) is 0 Å². The molecule has 1 aliphatic rings. The lowest BCUT2D eigenvalue weighted by molar-refractivity contribution is 0.0962. The van der Waals surface area contributed by atoms with Gasteiger partial charge in [0.05, 0.1) is 6.26 Å². The number of benzene rings is 1. The highest BCUT2D eigenvalue weighted by Crippen LogP contribution is 2.30. The zero-order valence-electron chi connectivity index (χ0n) is 9.49. The molecule has 3 heteroatoms. The van der Waals surface area contributed by atoms with E-state index in [1.54, 1.807) is 13.3 Å². The molecule has 0 spiro atoms. The number of nitrogens with one attached hydrogen (secondary N) is 1. The molecule has 0 radical (unpaired) electrons. The number of carbonyl (C=O) groups is 1. The van der Waals surface area contributed by atoms with E-state index in [1.807, 2.05) is 24.3 Å². The summed E-state index contributed by atoms with van der Waals surface area (Å²) in [4.78, 5) is 11.5. The first kappa shape index (κ1) is 10.7. The van der Waals surface area contributed by atoms with E-state index in [-0.39, 0.29) is 12.0 Å². The zero-order chi connectivity index (χ0) is 11.5. The van der Waals surface area contributed by atoms with Gasteiger partial charge in [-0.2, -0.15) is 0 Å². The number of amides is 1. The number of ether oxygens (including phenoxy) is 1. The van der Waals surface area contributed by atoms with Gasteiger partial charge in [-0.15, -0.1) is 0 Å². The Bertz CT molecular complexity index is 438. The maximum Gasteiger partial charge on any atom is 0.251 e. The molecular weight excluding hydrogens is 202 g/mol. The van der Waals surface area contributed by atoms with Gasteiger partial charge in [0.1, 0.15) is 6.10 Å². The van der Waals surface area contributed by atoms with Crippen LogP contribution in [-0.4, -0.2) is 13.0 Å². The number of fused-ring (bicyclic) bond motifs is 1. The Labute approximate surface area is 95.1 Å². The predicted octanol–water partition coefficient (Wildman–Crippen LogP) is 2.50. The summed E-state index contributed by atoms with van der Waals surface area (Å²) in [5.41, 5.74) is 2.90. The summed E-state index contributed by atoms with van der Waals surface area (Å²) in [6, 6.07) is 5.70. The molecule has 1 heterocycles. The normalized spacial score (nSPS) is 17.5. The fraction of sp³-hybridized carbons (Fsp3) is 0.308. The van der Waals surface area contributed by atoms with E-state index in [2.05, 4.69) is 12.2 Å². The molecule has 1 aromatic rings. The van der Waals surface area contributed by atoms with Crippen LogP contribution in [0.5, 0.6) is 0 Å². The lowest BCUT2D eigenvalue weighted by atomic mass is 9.96. The molecule has 16 heavy (non-hydrogen) atoms. The van der Waals surface area contributed by atoms with E-state index < -0.39 is 0 Å². The SMILES string of the molecule is CCC1OC=Cc2cc(C(=O)NC)ccc21. The van der Waals surface area contributed by atoms with Gasteiger partial charge in [0.25, 0.3) is 5.91 Å². The van der Waals surface area contributed by atoms with Gasteiger partial charge in [-0.25, -0.2) is 0 Å². The molecule has 0 fully saturated rings. The van der Waals surface area contributed by atoms with Gasteiger partial charge < -0.3 is 10.1 Å². The monoisotopic (exact) mass is 217 g/mol. The van der Waals surface area contributed by atoms with Crippen LogP contribution in [-0.2, 0) is 4.74 Å². The summed E-state index contributed by atoms with van der Waals surface area (Å²) in [5.74, 6) is -0.0595. The van der Waals surface area contributed by atoms with Crippen molar-refractivity contribution < 1.29 is 9.53 Å². The second-order valence-electron chi connectivity index (χ2n) is 3.76. The van der Waals surface area contributed by atoms with E-state index in [0.717, 1.165) is 17.5 Å². The van der Waals surface area contributed by atoms with Crippen molar-refractivity contribution in [1.82, 2.24) is 5.32 Å². The van der Waals surface area contributed by atoms with Crippen molar-refractivity contribution in [1.29, 1.82) is 0 Å². The summed E-state index contributed by atoms with van der Waals surface area (Å²) in [7, 11) is 1.63. The third-order valence-corrected chi connectivity index (χ3v) is 2.78. The topological polar surface area (TPSA) is 38.3 Å². The molecule has 0 aliphatic carbocycles. The van der Waals surface area contributed by atoms with E-state index in [9.17, 15) is 4.79 Å². The van der Waals surface area contributed by atoms with E-state index in [0.29, 0.717) is 5.56 Å². The Morgan fingerprint density at radius 2 is 2.31 bits per heavy atom. The molecule has 1 amide bonds. The second kappa shape index (κ2) is 4.39. The first-order chi connectivity index (χ1) is 7.76. The molecule has 0 saturated heterocycles. The van der Waals surface area contributed by atoms with Gasteiger partial charge in [-0.05, 0) is 35.8 Å². The van der Waals surface area contributed by atoms with Crippen molar-refractivity contribution in [2.24, 2.45) is 0 Å². The Morgan fingerprint density at radius 3 is 3.00 bits per heavy atom. The Balaban J connectivity index is 2.40. The molecule has 3 nitrogen and oxygen atoms in total. The molecule has 0 aromatic heterocycles. The van der Waals surface area contributed by atoms with Gasteiger partial charge in [0.15, 0.2) is 0 Å². The Morgan fingerprint density at radius 1 is 1.50 bits per heavy atom. The third kappa shape index (κ3) is 1.81. The van der Waals surface area contributed by atoms with Gasteiger partial charge in [0, 0.05) is 12.6 Å². The van der Waals surface area contributed by atoms with Crippen molar-refractivity contribution in [3.05, 3.63) is 41.2 Å². The van der Waals surface area contributed by atoms with Crippen LogP contribution in [0.4, 0.5) is 0 Å². The highest BCUT2D eigenvalue weighted by molar-refractivity contribution is 5.94. The lowest BCUT2D eigenvalue weighted by Gasteiger charge is -2.21. The number of carbonyl (C=O) groups excluding carboxylic acids is 1. The summed E-state index contributed by atoms with van der Waals surface area (Å²) >= 11 is 0. The third-order valence-electron chi connectivity index (χ3n) is 2.78. The number of hydrogen-bond donors (Lipinski definition) is 1. The fourth-order valence-corrected chi connectivity index (χ4v) is 1.89. The molecule has 1 aliphatic heterocycles. The summed E-state index contributed by atoms with van der Waals surface area (Å²) < 4.78 is 5.50. The van der Waals surface area contributed by atoms with Gasteiger partial charge >= 0.3 is 0 Å².